The molecule has 0 bridgehead atoms. The van der Waals surface area contributed by atoms with Crippen molar-refractivity contribution < 1.29 is 9.66 Å². The van der Waals surface area contributed by atoms with Gasteiger partial charge in [0.1, 0.15) is 17.6 Å². The van der Waals surface area contributed by atoms with E-state index in [0.29, 0.717) is 16.0 Å². The van der Waals surface area contributed by atoms with Crippen LogP contribution in [0.25, 0.3) is 0 Å². The molecule has 2 rings (SSSR count). The number of nitrogens with zero attached hydrogens (tertiary/aromatic N) is 3. The van der Waals surface area contributed by atoms with E-state index in [-0.39, 0.29) is 18.0 Å². The Morgan fingerprint density at radius 3 is 2.79 bits per heavy atom. The van der Waals surface area contributed by atoms with Gasteiger partial charge in [-0.3, -0.25) is 10.1 Å². The zero-order chi connectivity index (χ0) is 14.0. The van der Waals surface area contributed by atoms with E-state index in [2.05, 4.69) is 4.98 Å². The first kappa shape index (κ1) is 13.6. The number of nitro benzene ring substituents is 1. The second kappa shape index (κ2) is 5.46. The van der Waals surface area contributed by atoms with Gasteiger partial charge in [0.25, 0.3) is 0 Å². The smallest absolute Gasteiger partial charge is 0.311 e. The van der Waals surface area contributed by atoms with Gasteiger partial charge in [0, 0.05) is 24.2 Å². The van der Waals surface area contributed by atoms with E-state index in [9.17, 15) is 10.1 Å². The Hall–Kier alpha value is -1.79. The largest absolute Gasteiger partial charge is 0.479 e. The van der Waals surface area contributed by atoms with Crippen molar-refractivity contribution in [3.05, 3.63) is 50.5 Å². The van der Waals surface area contributed by atoms with Gasteiger partial charge in [-0.2, -0.15) is 0 Å². The van der Waals surface area contributed by atoms with Gasteiger partial charge in [-0.05, 0) is 6.07 Å². The molecule has 0 atom stereocenters. The van der Waals surface area contributed by atoms with Crippen LogP contribution in [-0.4, -0.2) is 14.5 Å². The van der Waals surface area contributed by atoms with Crippen LogP contribution in [0.2, 0.25) is 10.2 Å². The van der Waals surface area contributed by atoms with Crippen molar-refractivity contribution in [1.82, 2.24) is 9.55 Å². The molecule has 0 radical (unpaired) electrons. The number of rotatable bonds is 4. The van der Waals surface area contributed by atoms with E-state index < -0.39 is 4.92 Å². The number of ether oxygens (including phenoxy) is 1. The van der Waals surface area contributed by atoms with Crippen LogP contribution in [0.3, 0.4) is 0 Å². The lowest BCUT2D eigenvalue weighted by Gasteiger charge is -2.07. The third-order valence-electron chi connectivity index (χ3n) is 2.50. The summed E-state index contributed by atoms with van der Waals surface area (Å²) in [6.07, 6.45) is 1.48. The minimum atomic E-state index is -0.531. The van der Waals surface area contributed by atoms with E-state index in [1.54, 1.807) is 11.6 Å². The molecule has 0 aliphatic rings. The van der Waals surface area contributed by atoms with Gasteiger partial charge in [-0.1, -0.05) is 23.2 Å². The van der Waals surface area contributed by atoms with Crippen molar-refractivity contribution in [3.63, 3.8) is 0 Å². The predicted molar refractivity (Wildman–Crippen MR) is 70.7 cm³/mol. The standard InChI is InChI=1S/C11H9Cl2N3O3/c1-15-10(13)5-14-11(15)6-19-9-4-7(12)2-3-8(9)16(17)18/h2-5H,6H2,1H3. The highest BCUT2D eigenvalue weighted by Crippen LogP contribution is 2.30. The molecule has 2 aromatic rings. The van der Waals surface area contributed by atoms with Gasteiger partial charge in [-0.15, -0.1) is 0 Å². The first-order valence-corrected chi connectivity index (χ1v) is 5.97. The van der Waals surface area contributed by atoms with Gasteiger partial charge < -0.3 is 9.30 Å². The third kappa shape index (κ3) is 2.97. The number of hydrogen-bond acceptors (Lipinski definition) is 4. The monoisotopic (exact) mass is 301 g/mol. The van der Waals surface area contributed by atoms with Crippen molar-refractivity contribution in [2.75, 3.05) is 0 Å². The Bertz CT molecular complexity index is 628. The number of aromatic nitrogens is 2. The van der Waals surface area contributed by atoms with E-state index >= 15 is 0 Å². The summed E-state index contributed by atoms with van der Waals surface area (Å²) in [6.45, 7) is 0.0599. The maximum absolute atomic E-state index is 10.9. The highest BCUT2D eigenvalue weighted by atomic mass is 35.5. The Kier molecular flexibility index (Phi) is 3.92. The molecule has 0 aliphatic carbocycles. The van der Waals surface area contributed by atoms with Gasteiger partial charge >= 0.3 is 5.69 Å². The minimum absolute atomic E-state index is 0.0599. The average Bonchev–Trinajstić information content (AvgIpc) is 2.67. The lowest BCUT2D eigenvalue weighted by atomic mass is 10.3. The Labute approximate surface area is 118 Å². The Balaban J connectivity index is 2.21. The van der Waals surface area contributed by atoms with Crippen LogP contribution in [0.4, 0.5) is 5.69 Å². The van der Waals surface area contributed by atoms with Crippen LogP contribution < -0.4 is 4.74 Å². The maximum Gasteiger partial charge on any atom is 0.311 e. The quantitative estimate of drug-likeness (QED) is 0.642. The van der Waals surface area contributed by atoms with Gasteiger partial charge in [0.05, 0.1) is 11.1 Å². The molecule has 1 heterocycles. The molecular formula is C11H9Cl2N3O3. The van der Waals surface area contributed by atoms with Crippen LogP contribution in [0, 0.1) is 10.1 Å². The summed E-state index contributed by atoms with van der Waals surface area (Å²) >= 11 is 11.6. The van der Waals surface area contributed by atoms with Crippen LogP contribution in [-0.2, 0) is 13.7 Å². The molecule has 0 saturated heterocycles. The Morgan fingerprint density at radius 2 is 2.21 bits per heavy atom. The molecule has 100 valence electrons. The fourth-order valence-electron chi connectivity index (χ4n) is 1.46. The average molecular weight is 302 g/mol. The van der Waals surface area contributed by atoms with E-state index in [1.807, 2.05) is 0 Å². The fourth-order valence-corrected chi connectivity index (χ4v) is 1.76. The molecule has 0 amide bonds. The number of hydrogen-bond donors (Lipinski definition) is 0. The highest BCUT2D eigenvalue weighted by molar-refractivity contribution is 6.30. The number of nitro groups is 1. The summed E-state index contributed by atoms with van der Waals surface area (Å²) in [7, 11) is 1.72. The summed E-state index contributed by atoms with van der Waals surface area (Å²) in [6, 6.07) is 4.12. The Morgan fingerprint density at radius 1 is 1.47 bits per heavy atom. The lowest BCUT2D eigenvalue weighted by molar-refractivity contribution is -0.385. The van der Waals surface area contributed by atoms with Crippen molar-refractivity contribution in [2.45, 2.75) is 6.61 Å². The summed E-state index contributed by atoms with van der Waals surface area (Å²) in [5.41, 5.74) is -0.148. The molecule has 1 aromatic heterocycles. The molecule has 0 saturated carbocycles. The van der Waals surface area contributed by atoms with Crippen LogP contribution >= 0.6 is 23.2 Å². The second-order valence-electron chi connectivity index (χ2n) is 3.71. The molecule has 1 aromatic carbocycles. The minimum Gasteiger partial charge on any atom is -0.479 e. The van der Waals surface area contributed by atoms with Crippen LogP contribution in [0.5, 0.6) is 5.75 Å². The summed E-state index contributed by atoms with van der Waals surface area (Å²) < 4.78 is 7.01. The SMILES string of the molecule is Cn1c(Cl)cnc1COc1cc(Cl)ccc1[N+](=O)[O-]. The summed E-state index contributed by atoms with van der Waals surface area (Å²) in [5.74, 6) is 0.649. The molecular weight excluding hydrogens is 293 g/mol. The molecule has 19 heavy (non-hydrogen) atoms. The van der Waals surface area contributed by atoms with Crippen molar-refractivity contribution in [2.24, 2.45) is 7.05 Å². The second-order valence-corrected chi connectivity index (χ2v) is 4.54. The zero-order valence-corrected chi connectivity index (χ0v) is 11.4. The number of benzene rings is 1. The fraction of sp³-hybridized carbons (Fsp3) is 0.182. The molecule has 0 unspecified atom stereocenters. The van der Waals surface area contributed by atoms with Crippen molar-refractivity contribution in [1.29, 1.82) is 0 Å². The lowest BCUT2D eigenvalue weighted by Crippen LogP contribution is -2.05. The molecule has 0 fully saturated rings. The first-order chi connectivity index (χ1) is 8.99. The van der Waals surface area contributed by atoms with Gasteiger partial charge in [-0.25, -0.2) is 4.98 Å². The number of imidazole rings is 1. The zero-order valence-electron chi connectivity index (χ0n) is 9.84. The summed E-state index contributed by atoms with van der Waals surface area (Å²) in [5, 5.41) is 11.7. The van der Waals surface area contributed by atoms with E-state index in [1.165, 1.54) is 24.4 Å². The van der Waals surface area contributed by atoms with Crippen LogP contribution in [0.1, 0.15) is 5.82 Å². The van der Waals surface area contributed by atoms with Gasteiger partial charge in [0.2, 0.25) is 0 Å². The number of halogens is 2. The molecule has 8 heteroatoms. The predicted octanol–water partition coefficient (Wildman–Crippen LogP) is 3.21. The van der Waals surface area contributed by atoms with Crippen molar-refractivity contribution in [3.8, 4) is 5.75 Å². The maximum atomic E-state index is 10.9. The highest BCUT2D eigenvalue weighted by Gasteiger charge is 2.16. The van der Waals surface area contributed by atoms with Crippen molar-refractivity contribution >= 4 is 28.9 Å². The van der Waals surface area contributed by atoms with E-state index in [0.717, 1.165) is 0 Å². The molecule has 6 nitrogen and oxygen atoms in total. The van der Waals surface area contributed by atoms with Gasteiger partial charge in [0.15, 0.2) is 5.75 Å². The first-order valence-electron chi connectivity index (χ1n) is 5.22. The molecule has 0 aliphatic heterocycles. The summed E-state index contributed by atoms with van der Waals surface area (Å²) in [4.78, 5) is 14.4. The third-order valence-corrected chi connectivity index (χ3v) is 3.09. The van der Waals surface area contributed by atoms with Crippen LogP contribution in [0.15, 0.2) is 24.4 Å². The molecule has 0 spiro atoms. The molecule has 0 N–H and O–H groups in total. The topological polar surface area (TPSA) is 70.2 Å². The van der Waals surface area contributed by atoms with E-state index in [4.69, 9.17) is 27.9 Å². The normalized spacial score (nSPS) is 10.5.